The highest BCUT2D eigenvalue weighted by Gasteiger charge is 2.31. The average molecular weight is 297 g/mol. The minimum absolute atomic E-state index is 0.0596. The molecule has 0 aromatic rings. The van der Waals surface area contributed by atoms with Gasteiger partial charge in [0.25, 0.3) is 0 Å². The molecule has 120 valence electrons. The molecule has 2 saturated heterocycles. The van der Waals surface area contributed by atoms with Crippen molar-refractivity contribution in [1.29, 1.82) is 0 Å². The van der Waals surface area contributed by atoms with Gasteiger partial charge in [0.2, 0.25) is 6.41 Å². The molecule has 2 aliphatic rings. The van der Waals surface area contributed by atoms with Crippen LogP contribution in [-0.4, -0.2) is 65.1 Å². The molecule has 3 amide bonds. The SMILES string of the molecule is CC(C)(C)ON(C=O)C1CCN(C(=O)N2CCCC2)CC1. The van der Waals surface area contributed by atoms with Gasteiger partial charge in [-0.05, 0) is 46.5 Å². The van der Waals surface area contributed by atoms with Crippen molar-refractivity contribution in [2.45, 2.75) is 58.1 Å². The van der Waals surface area contributed by atoms with E-state index in [0.29, 0.717) is 13.1 Å². The lowest BCUT2D eigenvalue weighted by molar-refractivity contribution is -0.236. The summed E-state index contributed by atoms with van der Waals surface area (Å²) in [6.07, 6.45) is 4.53. The third-order valence-corrected chi connectivity index (χ3v) is 3.95. The van der Waals surface area contributed by atoms with Crippen LogP contribution in [0.2, 0.25) is 0 Å². The van der Waals surface area contributed by atoms with E-state index in [-0.39, 0.29) is 17.7 Å². The van der Waals surface area contributed by atoms with Crippen molar-refractivity contribution in [3.8, 4) is 0 Å². The van der Waals surface area contributed by atoms with Gasteiger partial charge >= 0.3 is 6.03 Å². The molecule has 0 unspecified atom stereocenters. The molecule has 0 aliphatic carbocycles. The van der Waals surface area contributed by atoms with Gasteiger partial charge in [-0.2, -0.15) is 0 Å². The molecule has 2 aliphatic heterocycles. The Bertz CT molecular complexity index is 367. The van der Waals surface area contributed by atoms with Gasteiger partial charge in [-0.1, -0.05) is 0 Å². The van der Waals surface area contributed by atoms with E-state index in [0.717, 1.165) is 45.2 Å². The molecule has 2 heterocycles. The fourth-order valence-electron chi connectivity index (χ4n) is 2.92. The van der Waals surface area contributed by atoms with E-state index >= 15 is 0 Å². The number of likely N-dealkylation sites (tertiary alicyclic amines) is 2. The zero-order valence-electron chi connectivity index (χ0n) is 13.4. The standard InChI is InChI=1S/C15H27N3O3/c1-15(2,3)21-18(12-19)13-6-10-17(11-7-13)14(20)16-8-4-5-9-16/h12-13H,4-11H2,1-3H3. The second-order valence-corrected chi connectivity index (χ2v) is 6.86. The summed E-state index contributed by atoms with van der Waals surface area (Å²) in [6, 6.07) is 0.213. The first-order chi connectivity index (χ1) is 9.90. The van der Waals surface area contributed by atoms with Crippen molar-refractivity contribution in [3.05, 3.63) is 0 Å². The second-order valence-electron chi connectivity index (χ2n) is 6.86. The van der Waals surface area contributed by atoms with Crippen LogP contribution in [0.15, 0.2) is 0 Å². The van der Waals surface area contributed by atoms with Crippen molar-refractivity contribution < 1.29 is 14.4 Å². The van der Waals surface area contributed by atoms with Gasteiger partial charge in [-0.15, -0.1) is 0 Å². The number of rotatable bonds is 3. The first kappa shape index (κ1) is 16.1. The van der Waals surface area contributed by atoms with E-state index in [1.807, 2.05) is 30.6 Å². The van der Waals surface area contributed by atoms with Crippen LogP contribution in [0, 0.1) is 0 Å². The second kappa shape index (κ2) is 6.64. The molecule has 0 atom stereocenters. The first-order valence-electron chi connectivity index (χ1n) is 7.87. The molecule has 0 bridgehead atoms. The topological polar surface area (TPSA) is 53.1 Å². The number of nitrogens with zero attached hydrogens (tertiary/aromatic N) is 3. The molecule has 0 spiro atoms. The number of carbonyl (C=O) groups is 2. The van der Waals surface area contributed by atoms with E-state index < -0.39 is 0 Å². The monoisotopic (exact) mass is 297 g/mol. The Morgan fingerprint density at radius 2 is 1.62 bits per heavy atom. The third kappa shape index (κ3) is 4.33. The van der Waals surface area contributed by atoms with Crippen LogP contribution in [-0.2, 0) is 9.63 Å². The average Bonchev–Trinajstić information content (AvgIpc) is 2.97. The predicted molar refractivity (Wildman–Crippen MR) is 79.5 cm³/mol. The number of carbonyl (C=O) groups excluding carboxylic acids is 2. The lowest BCUT2D eigenvalue weighted by Gasteiger charge is -2.39. The number of urea groups is 1. The summed E-state index contributed by atoms with van der Waals surface area (Å²) in [5.74, 6) is 0. The molecule has 6 heteroatoms. The van der Waals surface area contributed by atoms with Crippen LogP contribution >= 0.6 is 0 Å². The maximum Gasteiger partial charge on any atom is 0.319 e. The Balaban J connectivity index is 1.84. The molecular formula is C15H27N3O3. The van der Waals surface area contributed by atoms with Crippen LogP contribution in [0.25, 0.3) is 0 Å². The molecule has 0 radical (unpaired) electrons. The van der Waals surface area contributed by atoms with Crippen LogP contribution in [0.1, 0.15) is 46.5 Å². The smallest absolute Gasteiger partial charge is 0.319 e. The Kier molecular flexibility index (Phi) is 5.08. The minimum Gasteiger partial charge on any atom is -0.325 e. The highest BCUT2D eigenvalue weighted by molar-refractivity contribution is 5.74. The molecule has 2 rings (SSSR count). The van der Waals surface area contributed by atoms with Gasteiger partial charge in [0.05, 0.1) is 11.6 Å². The van der Waals surface area contributed by atoms with Gasteiger partial charge in [-0.3, -0.25) is 9.63 Å². The van der Waals surface area contributed by atoms with Gasteiger partial charge in [0.1, 0.15) is 0 Å². The summed E-state index contributed by atoms with van der Waals surface area (Å²) in [4.78, 5) is 33.0. The molecular weight excluding hydrogens is 270 g/mol. The molecule has 6 nitrogen and oxygen atoms in total. The van der Waals surface area contributed by atoms with E-state index in [4.69, 9.17) is 4.84 Å². The number of hydroxylamine groups is 2. The van der Waals surface area contributed by atoms with E-state index in [9.17, 15) is 9.59 Å². The van der Waals surface area contributed by atoms with Gasteiger partial charge in [-0.25, -0.2) is 9.86 Å². The fraction of sp³-hybridized carbons (Fsp3) is 0.867. The quantitative estimate of drug-likeness (QED) is 0.590. The Morgan fingerprint density at radius 1 is 1.10 bits per heavy atom. The largest absolute Gasteiger partial charge is 0.325 e. The van der Waals surface area contributed by atoms with Crippen molar-refractivity contribution in [1.82, 2.24) is 14.9 Å². The zero-order chi connectivity index (χ0) is 15.5. The van der Waals surface area contributed by atoms with E-state index in [2.05, 4.69) is 0 Å². The van der Waals surface area contributed by atoms with Gasteiger partial charge in [0.15, 0.2) is 0 Å². The Hall–Kier alpha value is -1.30. The maximum absolute atomic E-state index is 12.3. The highest BCUT2D eigenvalue weighted by atomic mass is 16.7. The lowest BCUT2D eigenvalue weighted by Crippen LogP contribution is -2.51. The third-order valence-electron chi connectivity index (χ3n) is 3.95. The van der Waals surface area contributed by atoms with Gasteiger partial charge < -0.3 is 9.80 Å². The van der Waals surface area contributed by atoms with Crippen molar-refractivity contribution in [2.75, 3.05) is 26.2 Å². The summed E-state index contributed by atoms with van der Waals surface area (Å²) >= 11 is 0. The van der Waals surface area contributed by atoms with Crippen LogP contribution in [0.4, 0.5) is 4.79 Å². The molecule has 2 fully saturated rings. The summed E-state index contributed by atoms with van der Waals surface area (Å²) in [6.45, 7) is 8.93. The Labute approximate surface area is 127 Å². The number of hydrogen-bond acceptors (Lipinski definition) is 3. The highest BCUT2D eigenvalue weighted by Crippen LogP contribution is 2.21. The summed E-state index contributed by atoms with van der Waals surface area (Å²) in [5.41, 5.74) is -0.386. The Morgan fingerprint density at radius 3 is 2.10 bits per heavy atom. The van der Waals surface area contributed by atoms with Crippen LogP contribution in [0.5, 0.6) is 0 Å². The fourth-order valence-corrected chi connectivity index (χ4v) is 2.92. The lowest BCUT2D eigenvalue weighted by atomic mass is 10.1. The molecule has 0 saturated carbocycles. The number of hydrogen-bond donors (Lipinski definition) is 0. The summed E-state index contributed by atoms with van der Waals surface area (Å²) in [5, 5.41) is 1.43. The molecule has 0 N–H and O–H groups in total. The summed E-state index contributed by atoms with van der Waals surface area (Å²) in [7, 11) is 0. The molecule has 0 aromatic carbocycles. The van der Waals surface area contributed by atoms with Crippen LogP contribution < -0.4 is 0 Å². The minimum atomic E-state index is -0.386. The molecule has 0 aromatic heterocycles. The van der Waals surface area contributed by atoms with E-state index in [1.165, 1.54) is 5.06 Å². The first-order valence-corrected chi connectivity index (χ1v) is 7.87. The van der Waals surface area contributed by atoms with Crippen molar-refractivity contribution >= 4 is 12.4 Å². The molecule has 21 heavy (non-hydrogen) atoms. The van der Waals surface area contributed by atoms with Crippen molar-refractivity contribution in [2.24, 2.45) is 0 Å². The summed E-state index contributed by atoms with van der Waals surface area (Å²) < 4.78 is 0. The van der Waals surface area contributed by atoms with E-state index in [1.54, 1.807) is 0 Å². The zero-order valence-corrected chi connectivity index (χ0v) is 13.4. The predicted octanol–water partition coefficient (Wildman–Crippen LogP) is 1.86. The number of piperidine rings is 1. The van der Waals surface area contributed by atoms with Gasteiger partial charge in [0, 0.05) is 26.2 Å². The maximum atomic E-state index is 12.3. The van der Waals surface area contributed by atoms with Crippen molar-refractivity contribution in [3.63, 3.8) is 0 Å². The number of amides is 3. The van der Waals surface area contributed by atoms with Crippen LogP contribution in [0.3, 0.4) is 0 Å². The normalized spacial score (nSPS) is 20.7.